The lowest BCUT2D eigenvalue weighted by Gasteiger charge is -2.28. The molecule has 3 heterocycles. The highest BCUT2D eigenvalue weighted by Crippen LogP contribution is 2.44. The Bertz CT molecular complexity index is 645. The van der Waals surface area contributed by atoms with E-state index in [0.717, 1.165) is 37.8 Å². The zero-order chi connectivity index (χ0) is 14.3. The molecule has 2 saturated heterocycles. The van der Waals surface area contributed by atoms with Gasteiger partial charge in [-0.05, 0) is 12.5 Å². The highest BCUT2D eigenvalue weighted by atomic mass is 16.5. The van der Waals surface area contributed by atoms with Crippen molar-refractivity contribution in [3.05, 3.63) is 54.0 Å². The minimum Gasteiger partial charge on any atom is -0.380 e. The summed E-state index contributed by atoms with van der Waals surface area (Å²) in [4.78, 5) is 11.0. The van der Waals surface area contributed by atoms with Crippen LogP contribution in [0.1, 0.15) is 11.3 Å². The number of aryl methyl sites for hydroxylation is 1. The van der Waals surface area contributed by atoms with Crippen LogP contribution in [0.2, 0.25) is 0 Å². The van der Waals surface area contributed by atoms with E-state index in [9.17, 15) is 0 Å². The fourth-order valence-corrected chi connectivity index (χ4v) is 3.70. The van der Waals surface area contributed by atoms with E-state index in [1.165, 1.54) is 5.56 Å². The summed E-state index contributed by atoms with van der Waals surface area (Å²) < 4.78 is 5.82. The van der Waals surface area contributed by atoms with Gasteiger partial charge in [0.25, 0.3) is 0 Å². The van der Waals surface area contributed by atoms with E-state index in [1.54, 1.807) is 6.33 Å². The number of benzene rings is 1. The smallest absolute Gasteiger partial charge is 0.132 e. The molecule has 2 aromatic rings. The summed E-state index contributed by atoms with van der Waals surface area (Å²) in [6.07, 6.45) is 1.66. The van der Waals surface area contributed by atoms with Gasteiger partial charge in [0.1, 0.15) is 12.1 Å². The van der Waals surface area contributed by atoms with E-state index < -0.39 is 0 Å². The maximum atomic E-state index is 5.82. The summed E-state index contributed by atoms with van der Waals surface area (Å²) in [5.41, 5.74) is 2.52. The lowest BCUT2D eigenvalue weighted by atomic mass is 9.75. The van der Waals surface area contributed by atoms with Gasteiger partial charge in [0, 0.05) is 36.2 Å². The Morgan fingerprint density at radius 3 is 2.90 bits per heavy atom. The van der Waals surface area contributed by atoms with E-state index in [2.05, 4.69) is 51.3 Å². The van der Waals surface area contributed by atoms with Crippen molar-refractivity contribution in [3.63, 3.8) is 0 Å². The first-order chi connectivity index (χ1) is 10.3. The predicted molar refractivity (Wildman–Crippen MR) is 81.4 cm³/mol. The molecule has 0 bridgehead atoms. The number of hydrogen-bond donors (Lipinski definition) is 0. The second-order valence-electron chi connectivity index (χ2n) is 6.13. The fraction of sp³-hybridized carbons (Fsp3) is 0.412. The SMILES string of the molecule is Cc1cc(N2C[C@@H]3COC[C@]3(c3ccccc3)C2)ncn1. The third kappa shape index (κ3) is 2.02. The highest BCUT2D eigenvalue weighted by molar-refractivity contribution is 5.45. The molecule has 4 nitrogen and oxygen atoms in total. The molecule has 0 aliphatic carbocycles. The van der Waals surface area contributed by atoms with Crippen LogP contribution in [0.25, 0.3) is 0 Å². The van der Waals surface area contributed by atoms with Crippen molar-refractivity contribution in [1.82, 2.24) is 9.97 Å². The molecule has 0 saturated carbocycles. The second kappa shape index (κ2) is 4.81. The number of ether oxygens (including phenoxy) is 1. The van der Waals surface area contributed by atoms with Crippen LogP contribution in [-0.2, 0) is 10.2 Å². The van der Waals surface area contributed by atoms with E-state index in [-0.39, 0.29) is 5.41 Å². The van der Waals surface area contributed by atoms with Crippen LogP contribution in [-0.4, -0.2) is 36.3 Å². The number of fused-ring (bicyclic) bond motifs is 1. The summed E-state index contributed by atoms with van der Waals surface area (Å²) in [7, 11) is 0. The Labute approximate surface area is 124 Å². The molecular weight excluding hydrogens is 262 g/mol. The second-order valence-corrected chi connectivity index (χ2v) is 6.13. The van der Waals surface area contributed by atoms with Gasteiger partial charge >= 0.3 is 0 Å². The number of hydrogen-bond acceptors (Lipinski definition) is 4. The lowest BCUT2D eigenvalue weighted by molar-refractivity contribution is 0.172. The molecule has 2 aliphatic rings. The maximum absolute atomic E-state index is 5.82. The molecule has 0 N–H and O–H groups in total. The highest BCUT2D eigenvalue weighted by Gasteiger charge is 2.51. The molecule has 2 atom stereocenters. The molecule has 0 amide bonds. The minimum absolute atomic E-state index is 0.111. The van der Waals surface area contributed by atoms with Crippen LogP contribution in [0.15, 0.2) is 42.7 Å². The quantitative estimate of drug-likeness (QED) is 0.846. The van der Waals surface area contributed by atoms with Gasteiger partial charge in [-0.25, -0.2) is 9.97 Å². The molecule has 21 heavy (non-hydrogen) atoms. The Morgan fingerprint density at radius 1 is 1.24 bits per heavy atom. The largest absolute Gasteiger partial charge is 0.380 e. The molecule has 2 fully saturated rings. The van der Waals surface area contributed by atoms with Crippen LogP contribution in [0.5, 0.6) is 0 Å². The van der Waals surface area contributed by atoms with Gasteiger partial charge in [0.05, 0.1) is 13.2 Å². The predicted octanol–water partition coefficient (Wildman–Crippen LogP) is 2.19. The van der Waals surface area contributed by atoms with E-state index in [1.807, 2.05) is 6.92 Å². The van der Waals surface area contributed by atoms with E-state index in [4.69, 9.17) is 4.74 Å². The fourth-order valence-electron chi connectivity index (χ4n) is 3.70. The molecule has 4 heteroatoms. The monoisotopic (exact) mass is 281 g/mol. The van der Waals surface area contributed by atoms with Crippen LogP contribution in [0.4, 0.5) is 5.82 Å². The zero-order valence-electron chi connectivity index (χ0n) is 12.2. The third-order valence-corrected chi connectivity index (χ3v) is 4.84. The van der Waals surface area contributed by atoms with Crippen LogP contribution >= 0.6 is 0 Å². The topological polar surface area (TPSA) is 38.2 Å². The van der Waals surface area contributed by atoms with Crippen molar-refractivity contribution in [1.29, 1.82) is 0 Å². The summed E-state index contributed by atoms with van der Waals surface area (Å²) in [5.74, 6) is 1.57. The number of anilines is 1. The van der Waals surface area contributed by atoms with Gasteiger partial charge in [0.15, 0.2) is 0 Å². The molecule has 108 valence electrons. The average molecular weight is 281 g/mol. The van der Waals surface area contributed by atoms with Gasteiger partial charge in [-0.15, -0.1) is 0 Å². The van der Waals surface area contributed by atoms with Crippen molar-refractivity contribution in [3.8, 4) is 0 Å². The van der Waals surface area contributed by atoms with Crippen molar-refractivity contribution in [2.24, 2.45) is 5.92 Å². The van der Waals surface area contributed by atoms with Crippen molar-refractivity contribution in [2.45, 2.75) is 12.3 Å². The standard InChI is InChI=1S/C17H19N3O/c1-13-7-16(19-12-18-13)20-8-15-9-21-11-17(15,10-20)14-5-3-2-4-6-14/h2-7,12,15H,8-11H2,1H3/t15-,17+/m1/s1. The number of nitrogens with zero attached hydrogens (tertiary/aromatic N) is 3. The van der Waals surface area contributed by atoms with E-state index >= 15 is 0 Å². The Balaban J connectivity index is 1.69. The molecule has 1 aromatic heterocycles. The summed E-state index contributed by atoms with van der Waals surface area (Å²) in [5, 5.41) is 0. The zero-order valence-corrected chi connectivity index (χ0v) is 12.2. The summed E-state index contributed by atoms with van der Waals surface area (Å²) in [6, 6.07) is 12.9. The first-order valence-electron chi connectivity index (χ1n) is 7.45. The van der Waals surface area contributed by atoms with Crippen molar-refractivity contribution < 1.29 is 4.74 Å². The summed E-state index contributed by atoms with van der Waals surface area (Å²) in [6.45, 7) is 5.64. The van der Waals surface area contributed by atoms with Gasteiger partial charge in [-0.2, -0.15) is 0 Å². The number of rotatable bonds is 2. The van der Waals surface area contributed by atoms with E-state index in [0.29, 0.717) is 5.92 Å². The van der Waals surface area contributed by atoms with Gasteiger partial charge in [-0.1, -0.05) is 30.3 Å². The first-order valence-corrected chi connectivity index (χ1v) is 7.45. The molecular formula is C17H19N3O. The van der Waals surface area contributed by atoms with Crippen LogP contribution in [0.3, 0.4) is 0 Å². The molecule has 0 spiro atoms. The van der Waals surface area contributed by atoms with Crippen LogP contribution in [0, 0.1) is 12.8 Å². The van der Waals surface area contributed by atoms with Gasteiger partial charge < -0.3 is 9.64 Å². The molecule has 1 aromatic carbocycles. The van der Waals surface area contributed by atoms with Crippen molar-refractivity contribution in [2.75, 3.05) is 31.2 Å². The van der Waals surface area contributed by atoms with Crippen LogP contribution < -0.4 is 4.90 Å². The Kier molecular flexibility index (Phi) is 2.93. The van der Waals surface area contributed by atoms with Gasteiger partial charge in [0.2, 0.25) is 0 Å². The number of aromatic nitrogens is 2. The Hall–Kier alpha value is -1.94. The Morgan fingerprint density at radius 2 is 2.10 bits per heavy atom. The molecule has 0 unspecified atom stereocenters. The summed E-state index contributed by atoms with van der Waals surface area (Å²) >= 11 is 0. The minimum atomic E-state index is 0.111. The molecule has 0 radical (unpaired) electrons. The van der Waals surface area contributed by atoms with Gasteiger partial charge in [-0.3, -0.25) is 0 Å². The molecule has 4 rings (SSSR count). The maximum Gasteiger partial charge on any atom is 0.132 e. The normalized spacial score (nSPS) is 27.9. The average Bonchev–Trinajstić information content (AvgIpc) is 3.06. The first kappa shape index (κ1) is 12.8. The third-order valence-electron chi connectivity index (χ3n) is 4.84. The lowest BCUT2D eigenvalue weighted by Crippen LogP contribution is -2.35. The molecule has 2 aliphatic heterocycles. The van der Waals surface area contributed by atoms with Crippen molar-refractivity contribution >= 4 is 5.82 Å².